The van der Waals surface area contributed by atoms with Gasteiger partial charge in [0, 0.05) is 5.56 Å². The molecule has 0 aliphatic carbocycles. The number of aromatic nitrogens is 1. The van der Waals surface area contributed by atoms with E-state index in [1.54, 1.807) is 7.11 Å². The lowest BCUT2D eigenvalue weighted by Gasteiger charge is -2.10. The second kappa shape index (κ2) is 4.72. The molecule has 1 aromatic heterocycles. The molecule has 2 N–H and O–H groups in total. The minimum Gasteiger partial charge on any atom is -0.496 e. The highest BCUT2D eigenvalue weighted by molar-refractivity contribution is 5.67. The van der Waals surface area contributed by atoms with Crippen molar-refractivity contribution in [1.82, 2.24) is 4.98 Å². The minimum absolute atomic E-state index is 0.217. The number of aryl methyl sites for hydroxylation is 3. The van der Waals surface area contributed by atoms with Gasteiger partial charge in [-0.2, -0.15) is 4.98 Å². The first-order valence-electron chi connectivity index (χ1n) is 5.97. The maximum Gasteiger partial charge on any atom is 0.292 e. The molecule has 4 nitrogen and oxygen atoms in total. The van der Waals surface area contributed by atoms with Crippen molar-refractivity contribution in [3.05, 3.63) is 29.0 Å². The summed E-state index contributed by atoms with van der Waals surface area (Å²) in [4.78, 5) is 4.20. The average molecular weight is 246 g/mol. The molecule has 0 aliphatic rings. The number of hydrogen-bond donors (Lipinski definition) is 1. The average Bonchev–Trinajstić information content (AvgIpc) is 2.72. The Bertz CT molecular complexity index is 573. The molecule has 0 amide bonds. The van der Waals surface area contributed by atoms with E-state index in [9.17, 15) is 0 Å². The quantitative estimate of drug-likeness (QED) is 0.903. The smallest absolute Gasteiger partial charge is 0.292 e. The van der Waals surface area contributed by atoms with Crippen LogP contribution < -0.4 is 10.5 Å². The van der Waals surface area contributed by atoms with E-state index in [0.29, 0.717) is 0 Å². The lowest BCUT2D eigenvalue weighted by molar-refractivity contribution is 0.411. The molecule has 0 atom stereocenters. The molecule has 2 aromatic rings. The monoisotopic (exact) mass is 246 g/mol. The Hall–Kier alpha value is -1.97. The van der Waals surface area contributed by atoms with Crippen LogP contribution in [0.2, 0.25) is 0 Å². The summed E-state index contributed by atoms with van der Waals surface area (Å²) >= 11 is 0. The van der Waals surface area contributed by atoms with Crippen LogP contribution in [-0.4, -0.2) is 12.1 Å². The SMILES string of the molecule is CCc1nc(N)oc1-c1cc(C)c(OC)cc1C. The first-order chi connectivity index (χ1) is 8.56. The molecule has 96 valence electrons. The molecule has 18 heavy (non-hydrogen) atoms. The number of hydrogen-bond acceptors (Lipinski definition) is 4. The van der Waals surface area contributed by atoms with Crippen LogP contribution >= 0.6 is 0 Å². The van der Waals surface area contributed by atoms with Gasteiger partial charge in [-0.25, -0.2) is 0 Å². The van der Waals surface area contributed by atoms with Gasteiger partial charge in [0.05, 0.1) is 12.8 Å². The highest BCUT2D eigenvalue weighted by Crippen LogP contribution is 2.33. The van der Waals surface area contributed by atoms with Crippen LogP contribution in [0.15, 0.2) is 16.5 Å². The fourth-order valence-corrected chi connectivity index (χ4v) is 2.07. The van der Waals surface area contributed by atoms with Gasteiger partial charge in [-0.3, -0.25) is 0 Å². The summed E-state index contributed by atoms with van der Waals surface area (Å²) in [6, 6.07) is 4.27. The van der Waals surface area contributed by atoms with Crippen molar-refractivity contribution in [2.45, 2.75) is 27.2 Å². The third kappa shape index (κ3) is 2.06. The van der Waals surface area contributed by atoms with Crippen LogP contribution in [0.25, 0.3) is 11.3 Å². The number of rotatable bonds is 3. The Balaban J connectivity index is 2.60. The Morgan fingerprint density at radius 2 is 2.00 bits per heavy atom. The second-order valence-electron chi connectivity index (χ2n) is 4.32. The predicted molar refractivity (Wildman–Crippen MR) is 71.8 cm³/mol. The summed E-state index contributed by atoms with van der Waals surface area (Å²) in [6.45, 7) is 6.06. The summed E-state index contributed by atoms with van der Waals surface area (Å²) in [5.41, 5.74) is 9.70. The third-order valence-electron chi connectivity index (χ3n) is 3.04. The third-order valence-corrected chi connectivity index (χ3v) is 3.04. The maximum absolute atomic E-state index is 5.63. The van der Waals surface area contributed by atoms with Crippen LogP contribution in [-0.2, 0) is 6.42 Å². The van der Waals surface area contributed by atoms with Crippen LogP contribution in [0.5, 0.6) is 5.75 Å². The number of nitrogen functional groups attached to an aromatic ring is 1. The summed E-state index contributed by atoms with van der Waals surface area (Å²) in [7, 11) is 1.67. The molecule has 0 fully saturated rings. The topological polar surface area (TPSA) is 61.3 Å². The molecule has 0 unspecified atom stereocenters. The van der Waals surface area contributed by atoms with Gasteiger partial charge in [0.2, 0.25) is 0 Å². The fourth-order valence-electron chi connectivity index (χ4n) is 2.07. The molecule has 1 heterocycles. The number of methoxy groups -OCH3 is 1. The standard InChI is InChI=1S/C14H18N2O2/c1-5-11-13(18-14(15)16-11)10-6-9(3)12(17-4)7-8(10)2/h6-7H,5H2,1-4H3,(H2,15,16). The van der Waals surface area contributed by atoms with Crippen molar-refractivity contribution in [2.24, 2.45) is 0 Å². The highest BCUT2D eigenvalue weighted by atomic mass is 16.5. The number of anilines is 1. The zero-order valence-corrected chi connectivity index (χ0v) is 11.2. The molecule has 0 radical (unpaired) electrons. The molecule has 0 bridgehead atoms. The lowest BCUT2D eigenvalue weighted by Crippen LogP contribution is -1.92. The van der Waals surface area contributed by atoms with E-state index in [4.69, 9.17) is 14.9 Å². The molecule has 4 heteroatoms. The second-order valence-corrected chi connectivity index (χ2v) is 4.32. The molecule has 0 saturated heterocycles. The van der Waals surface area contributed by atoms with Crippen molar-refractivity contribution in [2.75, 3.05) is 12.8 Å². The van der Waals surface area contributed by atoms with E-state index in [1.165, 1.54) is 0 Å². The van der Waals surface area contributed by atoms with Crippen molar-refractivity contribution in [3.63, 3.8) is 0 Å². The molecular weight excluding hydrogens is 228 g/mol. The number of ether oxygens (including phenoxy) is 1. The minimum atomic E-state index is 0.217. The molecule has 0 saturated carbocycles. The van der Waals surface area contributed by atoms with Gasteiger partial charge in [-0.15, -0.1) is 0 Å². The maximum atomic E-state index is 5.63. The fraction of sp³-hybridized carbons (Fsp3) is 0.357. The van der Waals surface area contributed by atoms with E-state index in [-0.39, 0.29) is 6.01 Å². The Labute approximate surface area is 107 Å². The van der Waals surface area contributed by atoms with Crippen molar-refractivity contribution in [1.29, 1.82) is 0 Å². The Morgan fingerprint density at radius 3 is 2.61 bits per heavy atom. The first-order valence-corrected chi connectivity index (χ1v) is 5.97. The summed E-state index contributed by atoms with van der Waals surface area (Å²) in [5.74, 6) is 1.64. The van der Waals surface area contributed by atoms with Crippen LogP contribution in [0.3, 0.4) is 0 Å². The van der Waals surface area contributed by atoms with E-state index in [0.717, 1.165) is 40.3 Å². The van der Waals surface area contributed by atoms with Gasteiger partial charge in [0.1, 0.15) is 5.75 Å². The van der Waals surface area contributed by atoms with Crippen molar-refractivity contribution >= 4 is 6.01 Å². The largest absolute Gasteiger partial charge is 0.496 e. The van der Waals surface area contributed by atoms with E-state index >= 15 is 0 Å². The molecule has 0 spiro atoms. The molecular formula is C14H18N2O2. The number of nitrogens with two attached hydrogens (primary N) is 1. The van der Waals surface area contributed by atoms with Crippen molar-refractivity contribution in [3.8, 4) is 17.1 Å². The van der Waals surface area contributed by atoms with Gasteiger partial charge in [-0.05, 0) is 43.5 Å². The molecule has 0 aliphatic heterocycles. The molecule has 1 aromatic carbocycles. The Kier molecular flexibility index (Phi) is 3.28. The predicted octanol–water partition coefficient (Wildman–Crippen LogP) is 3.11. The van der Waals surface area contributed by atoms with E-state index in [2.05, 4.69) is 4.98 Å². The molecule has 2 rings (SSSR count). The van der Waals surface area contributed by atoms with E-state index < -0.39 is 0 Å². The Morgan fingerprint density at radius 1 is 1.28 bits per heavy atom. The van der Waals surface area contributed by atoms with Gasteiger partial charge in [0.25, 0.3) is 6.01 Å². The number of oxazole rings is 1. The highest BCUT2D eigenvalue weighted by Gasteiger charge is 2.15. The summed E-state index contributed by atoms with van der Waals surface area (Å²) in [5, 5.41) is 0. The van der Waals surface area contributed by atoms with Crippen molar-refractivity contribution < 1.29 is 9.15 Å². The van der Waals surface area contributed by atoms with Crippen LogP contribution in [0.1, 0.15) is 23.7 Å². The van der Waals surface area contributed by atoms with Crippen LogP contribution in [0, 0.1) is 13.8 Å². The van der Waals surface area contributed by atoms with Gasteiger partial charge < -0.3 is 14.9 Å². The van der Waals surface area contributed by atoms with Gasteiger partial charge >= 0.3 is 0 Å². The first kappa shape index (κ1) is 12.5. The zero-order chi connectivity index (χ0) is 13.3. The number of nitrogens with zero attached hydrogens (tertiary/aromatic N) is 1. The van der Waals surface area contributed by atoms with Crippen LogP contribution in [0.4, 0.5) is 6.01 Å². The zero-order valence-electron chi connectivity index (χ0n) is 11.2. The summed E-state index contributed by atoms with van der Waals surface area (Å²) in [6.07, 6.45) is 0.792. The summed E-state index contributed by atoms with van der Waals surface area (Å²) < 4.78 is 10.8. The lowest BCUT2D eigenvalue weighted by atomic mass is 10.0. The number of benzene rings is 1. The normalized spacial score (nSPS) is 10.7. The van der Waals surface area contributed by atoms with E-state index in [1.807, 2.05) is 32.9 Å². The van der Waals surface area contributed by atoms with Gasteiger partial charge in [0.15, 0.2) is 5.76 Å². The van der Waals surface area contributed by atoms with Gasteiger partial charge in [-0.1, -0.05) is 6.92 Å².